The Bertz CT molecular complexity index is 526. The second-order valence-corrected chi connectivity index (χ2v) is 5.98. The normalized spacial score (nSPS) is 31.3. The lowest BCUT2D eigenvalue weighted by molar-refractivity contribution is 0.277. The summed E-state index contributed by atoms with van der Waals surface area (Å²) >= 11 is 0. The number of ether oxygens (including phenoxy) is 1. The number of aliphatic imine (C=N–C) groups is 1. The number of nitrogens with two attached hydrogens (primary N) is 1. The van der Waals surface area contributed by atoms with Crippen molar-refractivity contribution in [2.75, 3.05) is 11.1 Å². The van der Waals surface area contributed by atoms with E-state index in [-0.39, 0.29) is 6.10 Å². The molecular formula is C16H23N3O. The molecular weight excluding hydrogens is 250 g/mol. The molecule has 3 unspecified atom stereocenters. The number of nitrogens with zero attached hydrogens (tertiary/aromatic N) is 1. The maximum Gasteiger partial charge on any atom is 0.153 e. The largest absolute Gasteiger partial charge is 0.481 e. The molecule has 3 rings (SSSR count). The highest BCUT2D eigenvalue weighted by Gasteiger charge is 2.26. The number of hydrogen-bond acceptors (Lipinski definition) is 3. The van der Waals surface area contributed by atoms with Crippen LogP contribution in [0.15, 0.2) is 23.2 Å². The number of fused-ring (bicyclic) bond motifs is 1. The summed E-state index contributed by atoms with van der Waals surface area (Å²) < 4.78 is 5.93. The molecule has 108 valence electrons. The SMILES string of the molecule is CC1Oc2ccc(N)cc2NC1=NC1CCCCC1C. The fourth-order valence-electron chi connectivity index (χ4n) is 3.04. The molecule has 0 radical (unpaired) electrons. The van der Waals surface area contributed by atoms with Crippen molar-refractivity contribution in [3.8, 4) is 5.75 Å². The van der Waals surface area contributed by atoms with Gasteiger partial charge >= 0.3 is 0 Å². The van der Waals surface area contributed by atoms with Crippen molar-refractivity contribution in [1.82, 2.24) is 0 Å². The first-order valence-corrected chi connectivity index (χ1v) is 7.54. The van der Waals surface area contributed by atoms with Crippen LogP contribution in [0.1, 0.15) is 39.5 Å². The summed E-state index contributed by atoms with van der Waals surface area (Å²) in [6.07, 6.45) is 5.05. The van der Waals surface area contributed by atoms with Crippen LogP contribution in [0.2, 0.25) is 0 Å². The van der Waals surface area contributed by atoms with E-state index in [0.717, 1.165) is 23.0 Å². The Morgan fingerprint density at radius 2 is 2.05 bits per heavy atom. The minimum Gasteiger partial charge on any atom is -0.481 e. The lowest BCUT2D eigenvalue weighted by atomic mass is 9.86. The van der Waals surface area contributed by atoms with Crippen molar-refractivity contribution in [1.29, 1.82) is 0 Å². The van der Waals surface area contributed by atoms with E-state index >= 15 is 0 Å². The maximum absolute atomic E-state index is 5.93. The van der Waals surface area contributed by atoms with Crippen LogP contribution >= 0.6 is 0 Å². The zero-order chi connectivity index (χ0) is 14.1. The maximum atomic E-state index is 5.93. The van der Waals surface area contributed by atoms with E-state index in [1.807, 2.05) is 25.1 Å². The van der Waals surface area contributed by atoms with Crippen molar-refractivity contribution >= 4 is 17.2 Å². The van der Waals surface area contributed by atoms with Crippen molar-refractivity contribution in [3.63, 3.8) is 0 Å². The number of amidine groups is 1. The van der Waals surface area contributed by atoms with Gasteiger partial charge in [-0.25, -0.2) is 0 Å². The van der Waals surface area contributed by atoms with Gasteiger partial charge in [-0.15, -0.1) is 0 Å². The van der Waals surface area contributed by atoms with E-state index in [2.05, 4.69) is 12.2 Å². The molecule has 2 aliphatic rings. The molecule has 1 fully saturated rings. The fraction of sp³-hybridized carbons (Fsp3) is 0.562. The standard InChI is InChI=1S/C16H23N3O/c1-10-5-3-4-6-13(10)18-16-11(2)20-15-8-7-12(17)9-14(15)19-16/h7-11,13H,3-6,17H2,1-2H3,(H,18,19). The topological polar surface area (TPSA) is 59.6 Å². The van der Waals surface area contributed by atoms with Crippen LogP contribution in [-0.4, -0.2) is 18.0 Å². The third-order valence-corrected chi connectivity index (χ3v) is 4.33. The van der Waals surface area contributed by atoms with E-state index in [1.54, 1.807) is 0 Å². The lowest BCUT2D eigenvalue weighted by Gasteiger charge is -2.31. The van der Waals surface area contributed by atoms with Crippen LogP contribution in [-0.2, 0) is 0 Å². The molecule has 4 nitrogen and oxygen atoms in total. The minimum absolute atomic E-state index is 0.0275. The molecule has 1 saturated carbocycles. The van der Waals surface area contributed by atoms with E-state index < -0.39 is 0 Å². The second kappa shape index (κ2) is 5.35. The highest BCUT2D eigenvalue weighted by atomic mass is 16.5. The third-order valence-electron chi connectivity index (χ3n) is 4.33. The number of benzene rings is 1. The van der Waals surface area contributed by atoms with Gasteiger partial charge in [-0.1, -0.05) is 19.8 Å². The highest BCUT2D eigenvalue weighted by Crippen LogP contribution is 2.33. The molecule has 3 atom stereocenters. The quantitative estimate of drug-likeness (QED) is 0.771. The van der Waals surface area contributed by atoms with E-state index in [1.165, 1.54) is 25.7 Å². The number of nitrogens with one attached hydrogen (secondary N) is 1. The van der Waals surface area contributed by atoms with Gasteiger partial charge in [-0.3, -0.25) is 4.99 Å². The van der Waals surface area contributed by atoms with Crippen LogP contribution in [0.25, 0.3) is 0 Å². The van der Waals surface area contributed by atoms with E-state index in [9.17, 15) is 0 Å². The van der Waals surface area contributed by atoms with Gasteiger partial charge in [-0.2, -0.15) is 0 Å². The van der Waals surface area contributed by atoms with Crippen molar-refractivity contribution < 1.29 is 4.74 Å². The molecule has 1 heterocycles. The molecule has 0 aromatic heterocycles. The molecule has 0 spiro atoms. The van der Waals surface area contributed by atoms with Crippen LogP contribution in [0.3, 0.4) is 0 Å². The molecule has 1 aromatic rings. The number of rotatable bonds is 1. The minimum atomic E-state index is -0.0275. The Morgan fingerprint density at radius 3 is 2.85 bits per heavy atom. The fourth-order valence-corrected chi connectivity index (χ4v) is 3.04. The second-order valence-electron chi connectivity index (χ2n) is 5.98. The average Bonchev–Trinajstić information content (AvgIpc) is 2.42. The highest BCUT2D eigenvalue weighted by molar-refractivity contribution is 6.02. The average molecular weight is 273 g/mol. The molecule has 1 aromatic carbocycles. The van der Waals surface area contributed by atoms with Crippen molar-refractivity contribution in [2.45, 2.75) is 51.7 Å². The molecule has 20 heavy (non-hydrogen) atoms. The molecule has 0 saturated heterocycles. The van der Waals surface area contributed by atoms with Gasteiger partial charge in [0, 0.05) is 5.69 Å². The van der Waals surface area contributed by atoms with Crippen LogP contribution in [0.4, 0.5) is 11.4 Å². The van der Waals surface area contributed by atoms with E-state index in [4.69, 9.17) is 15.5 Å². The smallest absolute Gasteiger partial charge is 0.153 e. The Kier molecular flexibility index (Phi) is 3.55. The number of hydrogen-bond donors (Lipinski definition) is 2. The van der Waals surface area contributed by atoms with Crippen LogP contribution < -0.4 is 15.8 Å². The molecule has 4 heteroatoms. The predicted octanol–water partition coefficient (Wildman–Crippen LogP) is 3.44. The first-order valence-electron chi connectivity index (χ1n) is 7.54. The van der Waals surface area contributed by atoms with Gasteiger partial charge in [-0.05, 0) is 43.9 Å². The molecule has 3 N–H and O–H groups in total. The Hall–Kier alpha value is -1.71. The lowest BCUT2D eigenvalue weighted by Crippen LogP contribution is -2.37. The first kappa shape index (κ1) is 13.3. The van der Waals surface area contributed by atoms with Gasteiger partial charge in [0.05, 0.1) is 11.7 Å². The van der Waals surface area contributed by atoms with Gasteiger partial charge in [0.1, 0.15) is 11.6 Å². The zero-order valence-corrected chi connectivity index (χ0v) is 12.2. The molecule has 1 aliphatic heterocycles. The van der Waals surface area contributed by atoms with Crippen molar-refractivity contribution in [3.05, 3.63) is 18.2 Å². The summed E-state index contributed by atoms with van der Waals surface area (Å²) in [6, 6.07) is 6.09. The molecule has 0 bridgehead atoms. The summed E-state index contributed by atoms with van der Waals surface area (Å²) in [6.45, 7) is 4.34. The third kappa shape index (κ3) is 2.60. The number of anilines is 2. The Labute approximate surface area is 120 Å². The van der Waals surface area contributed by atoms with Gasteiger partial charge in [0.25, 0.3) is 0 Å². The first-order chi connectivity index (χ1) is 9.63. The van der Waals surface area contributed by atoms with Gasteiger partial charge < -0.3 is 15.8 Å². The zero-order valence-electron chi connectivity index (χ0n) is 12.2. The van der Waals surface area contributed by atoms with Crippen molar-refractivity contribution in [2.24, 2.45) is 10.9 Å². The summed E-state index contributed by atoms with van der Waals surface area (Å²) in [5.74, 6) is 2.44. The predicted molar refractivity (Wildman–Crippen MR) is 83.4 cm³/mol. The molecule has 0 amide bonds. The number of nitrogen functional groups attached to an aromatic ring is 1. The summed E-state index contributed by atoms with van der Waals surface area (Å²) in [7, 11) is 0. The van der Waals surface area contributed by atoms with Gasteiger partial charge in [0.2, 0.25) is 0 Å². The molecule has 1 aliphatic carbocycles. The summed E-state index contributed by atoms with van der Waals surface area (Å²) in [5, 5.41) is 3.40. The van der Waals surface area contributed by atoms with Crippen LogP contribution in [0, 0.1) is 5.92 Å². The summed E-state index contributed by atoms with van der Waals surface area (Å²) in [5.41, 5.74) is 7.49. The van der Waals surface area contributed by atoms with Gasteiger partial charge in [0.15, 0.2) is 6.10 Å². The Morgan fingerprint density at radius 1 is 1.25 bits per heavy atom. The monoisotopic (exact) mass is 273 g/mol. The van der Waals surface area contributed by atoms with Crippen LogP contribution in [0.5, 0.6) is 5.75 Å². The Balaban J connectivity index is 1.83. The van der Waals surface area contributed by atoms with E-state index in [0.29, 0.717) is 12.0 Å². The summed E-state index contributed by atoms with van der Waals surface area (Å²) in [4.78, 5) is 4.93.